The standard InChI is InChI=1S/C10H7F2NS2/c1-5-10(14)15-9(13-5)7-3-2-6(11)4-8(7)12/h2-4,14H,1H3. The second-order valence-corrected chi connectivity index (χ2v) is 4.78. The predicted octanol–water partition coefficient (Wildman–Crippen LogP) is 3.69. The lowest BCUT2D eigenvalue weighted by atomic mass is 10.2. The van der Waals surface area contributed by atoms with E-state index in [1.54, 1.807) is 6.92 Å². The van der Waals surface area contributed by atoms with Crippen molar-refractivity contribution in [1.82, 2.24) is 4.98 Å². The number of aryl methyl sites for hydroxylation is 1. The molecule has 1 nitrogen and oxygen atoms in total. The maximum absolute atomic E-state index is 13.4. The van der Waals surface area contributed by atoms with Crippen LogP contribution in [0.2, 0.25) is 0 Å². The third-order valence-electron chi connectivity index (χ3n) is 1.93. The molecule has 0 amide bonds. The first-order valence-corrected chi connectivity index (χ1v) is 5.46. The molecule has 0 saturated heterocycles. The Balaban J connectivity index is 2.54. The van der Waals surface area contributed by atoms with Crippen LogP contribution in [0.3, 0.4) is 0 Å². The molecular weight excluding hydrogens is 236 g/mol. The average molecular weight is 243 g/mol. The van der Waals surface area contributed by atoms with Crippen LogP contribution in [-0.2, 0) is 0 Å². The van der Waals surface area contributed by atoms with Crippen molar-refractivity contribution in [3.05, 3.63) is 35.5 Å². The fraction of sp³-hybridized carbons (Fsp3) is 0.100. The first kappa shape index (κ1) is 10.6. The Hall–Kier alpha value is -0.940. The van der Waals surface area contributed by atoms with Gasteiger partial charge in [-0.25, -0.2) is 13.8 Å². The summed E-state index contributed by atoms with van der Waals surface area (Å²) in [5.41, 5.74) is 1.06. The Morgan fingerprint density at radius 2 is 2.07 bits per heavy atom. The third kappa shape index (κ3) is 2.03. The number of thiazole rings is 1. The molecule has 15 heavy (non-hydrogen) atoms. The van der Waals surface area contributed by atoms with E-state index in [9.17, 15) is 8.78 Å². The molecule has 0 aliphatic carbocycles. The van der Waals surface area contributed by atoms with Crippen LogP contribution in [0.15, 0.2) is 22.4 Å². The predicted molar refractivity (Wildman–Crippen MR) is 59.5 cm³/mol. The molecule has 0 atom stereocenters. The van der Waals surface area contributed by atoms with Gasteiger partial charge in [0.25, 0.3) is 0 Å². The summed E-state index contributed by atoms with van der Waals surface area (Å²) in [5, 5.41) is 0.523. The van der Waals surface area contributed by atoms with Gasteiger partial charge in [0.05, 0.1) is 9.90 Å². The number of benzene rings is 1. The Labute approximate surface area is 95.2 Å². The van der Waals surface area contributed by atoms with Crippen molar-refractivity contribution in [1.29, 1.82) is 0 Å². The van der Waals surface area contributed by atoms with Crippen LogP contribution in [0.4, 0.5) is 8.78 Å². The van der Waals surface area contributed by atoms with Gasteiger partial charge in [-0.3, -0.25) is 0 Å². The van der Waals surface area contributed by atoms with Crippen molar-refractivity contribution in [3.8, 4) is 10.6 Å². The van der Waals surface area contributed by atoms with Crippen molar-refractivity contribution in [2.24, 2.45) is 0 Å². The van der Waals surface area contributed by atoms with Gasteiger partial charge in [-0.15, -0.1) is 24.0 Å². The average Bonchev–Trinajstić information content (AvgIpc) is 2.46. The summed E-state index contributed by atoms with van der Waals surface area (Å²) in [5.74, 6) is -1.19. The van der Waals surface area contributed by atoms with Crippen LogP contribution in [-0.4, -0.2) is 4.98 Å². The SMILES string of the molecule is Cc1nc(-c2ccc(F)cc2F)sc1S. The smallest absolute Gasteiger partial charge is 0.136 e. The van der Waals surface area contributed by atoms with Gasteiger partial charge in [0.15, 0.2) is 0 Å². The molecular formula is C10H7F2NS2. The highest BCUT2D eigenvalue weighted by Crippen LogP contribution is 2.31. The van der Waals surface area contributed by atoms with E-state index in [4.69, 9.17) is 0 Å². The fourth-order valence-corrected chi connectivity index (χ4v) is 2.31. The van der Waals surface area contributed by atoms with Crippen molar-refractivity contribution in [3.63, 3.8) is 0 Å². The van der Waals surface area contributed by atoms with E-state index in [0.29, 0.717) is 10.6 Å². The molecule has 0 bridgehead atoms. The van der Waals surface area contributed by atoms with Gasteiger partial charge in [-0.05, 0) is 19.1 Å². The summed E-state index contributed by atoms with van der Waals surface area (Å²) in [7, 11) is 0. The lowest BCUT2D eigenvalue weighted by Gasteiger charge is -1.97. The molecule has 2 aromatic rings. The molecule has 5 heteroatoms. The maximum atomic E-state index is 13.4. The van der Waals surface area contributed by atoms with Gasteiger partial charge in [-0.2, -0.15) is 0 Å². The lowest BCUT2D eigenvalue weighted by Crippen LogP contribution is -1.85. The van der Waals surface area contributed by atoms with Crippen LogP contribution in [0.1, 0.15) is 5.69 Å². The molecule has 2 rings (SSSR count). The van der Waals surface area contributed by atoms with Crippen LogP contribution < -0.4 is 0 Å². The maximum Gasteiger partial charge on any atom is 0.136 e. The van der Waals surface area contributed by atoms with E-state index in [1.165, 1.54) is 23.5 Å². The van der Waals surface area contributed by atoms with E-state index in [0.717, 1.165) is 16.0 Å². The highest BCUT2D eigenvalue weighted by molar-refractivity contribution is 7.83. The van der Waals surface area contributed by atoms with Crippen LogP contribution >= 0.6 is 24.0 Å². The molecule has 1 aromatic heterocycles. The largest absolute Gasteiger partial charge is 0.240 e. The summed E-state index contributed by atoms with van der Waals surface area (Å²) in [6.07, 6.45) is 0. The van der Waals surface area contributed by atoms with Gasteiger partial charge in [0.2, 0.25) is 0 Å². The number of hydrogen-bond donors (Lipinski definition) is 1. The van der Waals surface area contributed by atoms with Crippen molar-refractivity contribution >= 4 is 24.0 Å². The summed E-state index contributed by atoms with van der Waals surface area (Å²) in [6.45, 7) is 1.80. The van der Waals surface area contributed by atoms with E-state index in [2.05, 4.69) is 17.6 Å². The van der Waals surface area contributed by atoms with Crippen molar-refractivity contribution in [2.75, 3.05) is 0 Å². The van der Waals surface area contributed by atoms with Crippen LogP contribution in [0.25, 0.3) is 10.6 Å². The minimum atomic E-state index is -0.600. The number of halogens is 2. The zero-order valence-corrected chi connectivity index (χ0v) is 9.50. The number of aromatic nitrogens is 1. The van der Waals surface area contributed by atoms with Crippen LogP contribution in [0, 0.1) is 18.6 Å². The molecule has 78 valence electrons. The van der Waals surface area contributed by atoms with Gasteiger partial charge in [0.1, 0.15) is 16.6 Å². The van der Waals surface area contributed by atoms with Gasteiger partial charge < -0.3 is 0 Å². The fourth-order valence-electron chi connectivity index (χ4n) is 1.17. The second kappa shape index (κ2) is 3.90. The molecule has 0 N–H and O–H groups in total. The Kier molecular flexibility index (Phi) is 2.75. The van der Waals surface area contributed by atoms with E-state index < -0.39 is 11.6 Å². The molecule has 0 aliphatic rings. The molecule has 1 aromatic carbocycles. The normalized spacial score (nSPS) is 10.7. The number of nitrogens with zero attached hydrogens (tertiary/aromatic N) is 1. The summed E-state index contributed by atoms with van der Waals surface area (Å²) in [4.78, 5) is 4.15. The molecule has 1 heterocycles. The zero-order chi connectivity index (χ0) is 11.0. The quantitative estimate of drug-likeness (QED) is 0.754. The number of rotatable bonds is 1. The Morgan fingerprint density at radius 3 is 2.60 bits per heavy atom. The number of hydrogen-bond acceptors (Lipinski definition) is 3. The Morgan fingerprint density at radius 1 is 1.33 bits per heavy atom. The summed E-state index contributed by atoms with van der Waals surface area (Å²) < 4.78 is 26.8. The van der Waals surface area contributed by atoms with Crippen molar-refractivity contribution < 1.29 is 8.78 Å². The van der Waals surface area contributed by atoms with E-state index in [1.807, 2.05) is 0 Å². The Bertz CT molecular complexity index is 489. The summed E-state index contributed by atoms with van der Waals surface area (Å²) in [6, 6.07) is 3.45. The lowest BCUT2D eigenvalue weighted by molar-refractivity contribution is 0.585. The van der Waals surface area contributed by atoms with Gasteiger partial charge in [-0.1, -0.05) is 0 Å². The molecule has 0 unspecified atom stereocenters. The molecule has 0 fully saturated rings. The topological polar surface area (TPSA) is 12.9 Å². The second-order valence-electron chi connectivity index (χ2n) is 3.03. The minimum Gasteiger partial charge on any atom is -0.240 e. The van der Waals surface area contributed by atoms with Crippen molar-refractivity contribution in [2.45, 2.75) is 11.1 Å². The first-order chi connectivity index (χ1) is 7.08. The minimum absolute atomic E-state index is 0.310. The zero-order valence-electron chi connectivity index (χ0n) is 7.79. The summed E-state index contributed by atoms with van der Waals surface area (Å²) >= 11 is 5.46. The molecule has 0 spiro atoms. The third-order valence-corrected chi connectivity index (χ3v) is 3.52. The van der Waals surface area contributed by atoms with E-state index >= 15 is 0 Å². The monoisotopic (exact) mass is 243 g/mol. The molecule has 0 radical (unpaired) electrons. The first-order valence-electron chi connectivity index (χ1n) is 4.20. The van der Waals surface area contributed by atoms with Crippen LogP contribution in [0.5, 0.6) is 0 Å². The van der Waals surface area contributed by atoms with Gasteiger partial charge in [0, 0.05) is 11.6 Å². The highest BCUT2D eigenvalue weighted by Gasteiger charge is 2.11. The van der Waals surface area contributed by atoms with E-state index in [-0.39, 0.29) is 0 Å². The number of thiol groups is 1. The molecule has 0 saturated carbocycles. The van der Waals surface area contributed by atoms with Gasteiger partial charge >= 0.3 is 0 Å². The highest BCUT2D eigenvalue weighted by atomic mass is 32.2. The molecule has 0 aliphatic heterocycles.